The van der Waals surface area contributed by atoms with Gasteiger partial charge in [0.05, 0.1) is 24.3 Å². The maximum absolute atomic E-state index is 12.8. The van der Waals surface area contributed by atoms with Gasteiger partial charge in [0.1, 0.15) is 18.3 Å². The third-order valence-corrected chi connectivity index (χ3v) is 6.62. The maximum Gasteiger partial charge on any atom is 0.318 e. The van der Waals surface area contributed by atoms with Gasteiger partial charge in [-0.15, -0.1) is 0 Å². The molecule has 2 amide bonds. The second-order valence-corrected chi connectivity index (χ2v) is 8.86. The number of likely N-dealkylation sites (tertiary alicyclic amines) is 1. The van der Waals surface area contributed by atoms with Crippen LogP contribution in [0.25, 0.3) is 22.6 Å². The number of amides is 2. The fourth-order valence-electron chi connectivity index (χ4n) is 4.56. The Kier molecular flexibility index (Phi) is 6.10. The number of nitrogens with zero attached hydrogens (tertiary/aromatic N) is 7. The molecule has 1 N–H and O–H groups in total. The van der Waals surface area contributed by atoms with Crippen molar-refractivity contribution in [2.24, 2.45) is 7.05 Å². The Bertz CT molecular complexity index is 1350. The fraction of sp³-hybridized carbons (Fsp3) is 0.400. The van der Waals surface area contributed by atoms with Gasteiger partial charge in [0.2, 0.25) is 5.88 Å². The predicted octanol–water partition coefficient (Wildman–Crippen LogP) is 3.48. The Labute approximate surface area is 204 Å². The summed E-state index contributed by atoms with van der Waals surface area (Å²) in [6.07, 6.45) is 3.88. The lowest BCUT2D eigenvalue weighted by Crippen LogP contribution is -2.40. The van der Waals surface area contributed by atoms with Crippen LogP contribution < -0.4 is 10.1 Å². The molecule has 4 heterocycles. The van der Waals surface area contributed by atoms with E-state index in [0.717, 1.165) is 35.6 Å². The Morgan fingerprint density at radius 3 is 2.80 bits per heavy atom. The van der Waals surface area contributed by atoms with E-state index in [2.05, 4.69) is 27.3 Å². The summed E-state index contributed by atoms with van der Waals surface area (Å²) in [6, 6.07) is 9.77. The van der Waals surface area contributed by atoms with Crippen molar-refractivity contribution in [2.45, 2.75) is 45.9 Å². The average Bonchev–Trinajstić information content (AvgIpc) is 3.57. The van der Waals surface area contributed by atoms with E-state index in [9.17, 15) is 4.79 Å². The summed E-state index contributed by atoms with van der Waals surface area (Å²) in [4.78, 5) is 28.2. The summed E-state index contributed by atoms with van der Waals surface area (Å²) in [6.45, 7) is 7.98. The highest BCUT2D eigenvalue weighted by atomic mass is 16.5. The summed E-state index contributed by atoms with van der Waals surface area (Å²) in [7, 11) is 1.93. The van der Waals surface area contributed by atoms with Crippen molar-refractivity contribution < 1.29 is 9.53 Å². The summed E-state index contributed by atoms with van der Waals surface area (Å²) < 4.78 is 10.1. The number of hydrogen-bond acceptors (Lipinski definition) is 6. The number of urea groups is 1. The summed E-state index contributed by atoms with van der Waals surface area (Å²) in [5, 5.41) is 7.52. The van der Waals surface area contributed by atoms with Crippen molar-refractivity contribution in [3.05, 3.63) is 54.1 Å². The van der Waals surface area contributed by atoms with Gasteiger partial charge in [0, 0.05) is 32.3 Å². The zero-order valence-corrected chi connectivity index (χ0v) is 20.5. The first-order chi connectivity index (χ1) is 17.0. The number of ether oxygens (including phenoxy) is 1. The van der Waals surface area contributed by atoms with Gasteiger partial charge < -0.3 is 19.5 Å². The summed E-state index contributed by atoms with van der Waals surface area (Å²) >= 11 is 0. The molecule has 1 fully saturated rings. The molecule has 0 bridgehead atoms. The molecule has 0 spiro atoms. The van der Waals surface area contributed by atoms with Gasteiger partial charge >= 0.3 is 6.03 Å². The Balaban J connectivity index is 1.30. The molecule has 182 valence electrons. The number of aryl methyl sites for hydroxylation is 2. The molecule has 0 aliphatic carbocycles. The monoisotopic (exact) mass is 474 g/mol. The molecule has 0 saturated carbocycles. The minimum Gasteiger partial charge on any atom is -0.471 e. The van der Waals surface area contributed by atoms with Crippen LogP contribution in [0, 0.1) is 6.92 Å². The van der Waals surface area contributed by atoms with Gasteiger partial charge in [-0.05, 0) is 26.3 Å². The first kappa shape index (κ1) is 22.8. The minimum absolute atomic E-state index is 0.0717. The summed E-state index contributed by atoms with van der Waals surface area (Å²) in [5.41, 5.74) is 4.37. The second kappa shape index (κ2) is 9.36. The first-order valence-corrected chi connectivity index (χ1v) is 11.9. The number of nitrogens with one attached hydrogen (secondary N) is 1. The second-order valence-electron chi connectivity index (χ2n) is 8.86. The lowest BCUT2D eigenvalue weighted by molar-refractivity contribution is 0.182. The number of hydrogen-bond donors (Lipinski definition) is 1. The highest BCUT2D eigenvalue weighted by Crippen LogP contribution is 2.30. The van der Waals surface area contributed by atoms with E-state index in [1.54, 1.807) is 4.90 Å². The number of imidazole rings is 1. The van der Waals surface area contributed by atoms with E-state index in [4.69, 9.17) is 9.72 Å². The number of carbonyl (C=O) groups excluding carboxylic acids is 1. The standard InChI is InChI=1S/C25H30N8O2/c1-5-33-17(3)20(13-28-33)22-30-21-23(31(22)4)26-15-27-24(21)35-19-11-12-32(14-19)25(34)29-16(2)18-9-7-6-8-10-18/h6-10,13,15-16,19H,5,11-12,14H2,1-4H3,(H,29,34)/t16?,19-/m0/s1. The van der Waals surface area contributed by atoms with Gasteiger partial charge in [-0.3, -0.25) is 4.68 Å². The van der Waals surface area contributed by atoms with E-state index in [1.807, 2.05) is 66.7 Å². The van der Waals surface area contributed by atoms with E-state index < -0.39 is 0 Å². The van der Waals surface area contributed by atoms with Crippen LogP contribution in [0.3, 0.4) is 0 Å². The van der Waals surface area contributed by atoms with Crippen LogP contribution in [-0.2, 0) is 13.6 Å². The molecule has 1 unspecified atom stereocenters. The van der Waals surface area contributed by atoms with Crippen molar-refractivity contribution in [1.29, 1.82) is 0 Å². The fourth-order valence-corrected chi connectivity index (χ4v) is 4.56. The molecular formula is C25H30N8O2. The zero-order valence-electron chi connectivity index (χ0n) is 20.5. The van der Waals surface area contributed by atoms with Gasteiger partial charge in [-0.25, -0.2) is 14.8 Å². The smallest absolute Gasteiger partial charge is 0.318 e. The van der Waals surface area contributed by atoms with E-state index in [-0.39, 0.29) is 18.2 Å². The van der Waals surface area contributed by atoms with Gasteiger partial charge in [-0.2, -0.15) is 10.1 Å². The quantitative estimate of drug-likeness (QED) is 0.459. The molecule has 0 radical (unpaired) electrons. The number of aromatic nitrogens is 6. The Morgan fingerprint density at radius 2 is 2.06 bits per heavy atom. The van der Waals surface area contributed by atoms with Crippen molar-refractivity contribution in [3.8, 4) is 17.3 Å². The number of fused-ring (bicyclic) bond motifs is 1. The van der Waals surface area contributed by atoms with Crippen LogP contribution in [0.1, 0.15) is 37.6 Å². The average molecular weight is 475 g/mol. The predicted molar refractivity (Wildman–Crippen MR) is 132 cm³/mol. The first-order valence-electron chi connectivity index (χ1n) is 11.9. The molecule has 1 aliphatic heterocycles. The molecule has 4 aromatic rings. The molecule has 2 atom stereocenters. The Hall–Kier alpha value is -3.95. The third kappa shape index (κ3) is 4.31. The molecule has 3 aromatic heterocycles. The van der Waals surface area contributed by atoms with Gasteiger partial charge in [0.15, 0.2) is 11.2 Å². The number of carbonyl (C=O) groups is 1. The Morgan fingerprint density at radius 1 is 1.26 bits per heavy atom. The van der Waals surface area contributed by atoms with E-state index >= 15 is 0 Å². The third-order valence-electron chi connectivity index (χ3n) is 6.62. The van der Waals surface area contributed by atoms with Crippen LogP contribution in [0.5, 0.6) is 5.88 Å². The highest BCUT2D eigenvalue weighted by Gasteiger charge is 2.30. The lowest BCUT2D eigenvalue weighted by Gasteiger charge is -2.21. The molecular weight excluding hydrogens is 444 g/mol. The molecule has 1 aliphatic rings. The van der Waals surface area contributed by atoms with E-state index in [0.29, 0.717) is 30.1 Å². The van der Waals surface area contributed by atoms with Crippen LogP contribution in [0.4, 0.5) is 4.79 Å². The lowest BCUT2D eigenvalue weighted by atomic mass is 10.1. The molecule has 5 rings (SSSR count). The highest BCUT2D eigenvalue weighted by molar-refractivity contribution is 5.81. The van der Waals surface area contributed by atoms with Crippen molar-refractivity contribution in [1.82, 2.24) is 39.5 Å². The van der Waals surface area contributed by atoms with Crippen molar-refractivity contribution >= 4 is 17.2 Å². The van der Waals surface area contributed by atoms with Gasteiger partial charge in [-0.1, -0.05) is 30.3 Å². The van der Waals surface area contributed by atoms with Crippen LogP contribution in [0.15, 0.2) is 42.9 Å². The van der Waals surface area contributed by atoms with Crippen LogP contribution in [-0.4, -0.2) is 59.4 Å². The topological polar surface area (TPSA) is 103 Å². The zero-order chi connectivity index (χ0) is 24.5. The SMILES string of the molecule is CCn1ncc(-c2nc3c(O[C@H]4CCN(C(=O)NC(C)c5ccccc5)C4)ncnc3n2C)c1C. The molecule has 10 nitrogen and oxygen atoms in total. The maximum atomic E-state index is 12.8. The van der Waals surface area contributed by atoms with Crippen molar-refractivity contribution in [3.63, 3.8) is 0 Å². The molecule has 1 aromatic carbocycles. The van der Waals surface area contributed by atoms with Crippen molar-refractivity contribution in [2.75, 3.05) is 13.1 Å². The molecule has 35 heavy (non-hydrogen) atoms. The van der Waals surface area contributed by atoms with E-state index in [1.165, 1.54) is 6.33 Å². The minimum atomic E-state index is -0.166. The number of benzene rings is 1. The molecule has 1 saturated heterocycles. The van der Waals surface area contributed by atoms with Gasteiger partial charge in [0.25, 0.3) is 0 Å². The number of rotatable bonds is 6. The summed E-state index contributed by atoms with van der Waals surface area (Å²) in [5.74, 6) is 1.20. The molecule has 10 heteroatoms. The largest absolute Gasteiger partial charge is 0.471 e. The normalized spacial score (nSPS) is 16.6. The van der Waals surface area contributed by atoms with Crippen LogP contribution >= 0.6 is 0 Å². The van der Waals surface area contributed by atoms with Crippen LogP contribution in [0.2, 0.25) is 0 Å².